The standard InChI is InChI=1S/C16H22N4O2S2/c1-10-4-6-20(7-5-10)15(21)11(2)24-16-19-18-14(22-16)8-13-9-23-12(3)17-13/h9-11H,4-8H2,1-3H3. The topological polar surface area (TPSA) is 72.1 Å². The fraction of sp³-hybridized carbons (Fsp3) is 0.625. The summed E-state index contributed by atoms with van der Waals surface area (Å²) in [6.07, 6.45) is 2.70. The van der Waals surface area contributed by atoms with E-state index in [0.29, 0.717) is 23.5 Å². The largest absolute Gasteiger partial charge is 0.416 e. The fourth-order valence-electron chi connectivity index (χ4n) is 2.69. The molecule has 2 aromatic heterocycles. The molecular formula is C16H22N4O2S2. The van der Waals surface area contributed by atoms with Gasteiger partial charge in [-0.15, -0.1) is 21.5 Å². The maximum atomic E-state index is 12.5. The molecule has 8 heteroatoms. The van der Waals surface area contributed by atoms with Crippen molar-refractivity contribution in [3.05, 3.63) is 22.0 Å². The summed E-state index contributed by atoms with van der Waals surface area (Å²) in [7, 11) is 0. The zero-order valence-electron chi connectivity index (χ0n) is 14.2. The van der Waals surface area contributed by atoms with E-state index in [4.69, 9.17) is 4.42 Å². The van der Waals surface area contributed by atoms with Crippen molar-refractivity contribution in [1.82, 2.24) is 20.1 Å². The number of piperidine rings is 1. The van der Waals surface area contributed by atoms with Gasteiger partial charge in [-0.25, -0.2) is 4.98 Å². The van der Waals surface area contributed by atoms with E-state index in [1.54, 1.807) is 11.3 Å². The van der Waals surface area contributed by atoms with Gasteiger partial charge < -0.3 is 9.32 Å². The number of aromatic nitrogens is 3. The minimum Gasteiger partial charge on any atom is -0.416 e. The highest BCUT2D eigenvalue weighted by Gasteiger charge is 2.26. The molecule has 3 heterocycles. The minimum absolute atomic E-state index is 0.154. The first-order valence-electron chi connectivity index (χ1n) is 8.20. The summed E-state index contributed by atoms with van der Waals surface area (Å²) in [5.74, 6) is 1.40. The molecule has 0 aliphatic carbocycles. The van der Waals surface area contributed by atoms with Crippen molar-refractivity contribution in [3.63, 3.8) is 0 Å². The molecule has 1 atom stereocenters. The first kappa shape index (κ1) is 17.4. The minimum atomic E-state index is -0.215. The van der Waals surface area contributed by atoms with Crippen LogP contribution in [0.3, 0.4) is 0 Å². The molecule has 0 aromatic carbocycles. The number of carbonyl (C=O) groups excluding carboxylic acids is 1. The smallest absolute Gasteiger partial charge is 0.277 e. The van der Waals surface area contributed by atoms with E-state index in [1.807, 2.05) is 24.1 Å². The summed E-state index contributed by atoms with van der Waals surface area (Å²) in [5, 5.41) is 11.4. The predicted molar refractivity (Wildman–Crippen MR) is 94.3 cm³/mol. The van der Waals surface area contributed by atoms with Crippen LogP contribution < -0.4 is 0 Å². The summed E-state index contributed by atoms with van der Waals surface area (Å²) < 4.78 is 5.66. The number of amides is 1. The molecule has 0 bridgehead atoms. The number of rotatable bonds is 5. The molecular weight excluding hydrogens is 344 g/mol. The lowest BCUT2D eigenvalue weighted by Crippen LogP contribution is -2.41. The molecule has 0 saturated carbocycles. The van der Waals surface area contributed by atoms with E-state index >= 15 is 0 Å². The molecule has 1 saturated heterocycles. The second kappa shape index (κ2) is 7.65. The van der Waals surface area contributed by atoms with Gasteiger partial charge in [-0.05, 0) is 32.6 Å². The molecule has 1 aliphatic rings. The van der Waals surface area contributed by atoms with Crippen LogP contribution in [0, 0.1) is 12.8 Å². The van der Waals surface area contributed by atoms with Gasteiger partial charge in [0.25, 0.3) is 5.22 Å². The van der Waals surface area contributed by atoms with E-state index in [0.717, 1.165) is 36.6 Å². The van der Waals surface area contributed by atoms with Crippen LogP contribution in [0.4, 0.5) is 0 Å². The first-order valence-corrected chi connectivity index (χ1v) is 9.96. The zero-order valence-corrected chi connectivity index (χ0v) is 15.8. The highest BCUT2D eigenvalue weighted by molar-refractivity contribution is 8.00. The molecule has 2 aromatic rings. The lowest BCUT2D eigenvalue weighted by atomic mass is 9.99. The molecule has 1 aliphatic heterocycles. The van der Waals surface area contributed by atoms with Crippen LogP contribution in [0.1, 0.15) is 43.3 Å². The summed E-state index contributed by atoms with van der Waals surface area (Å²) >= 11 is 2.94. The van der Waals surface area contributed by atoms with Crippen LogP contribution in [0.5, 0.6) is 0 Å². The summed E-state index contributed by atoms with van der Waals surface area (Å²) in [6.45, 7) is 7.81. The third kappa shape index (κ3) is 4.36. The number of hydrogen-bond acceptors (Lipinski definition) is 7. The monoisotopic (exact) mass is 366 g/mol. The Bertz CT molecular complexity index is 692. The number of nitrogens with zero attached hydrogens (tertiary/aromatic N) is 4. The second-order valence-electron chi connectivity index (χ2n) is 6.26. The van der Waals surface area contributed by atoms with Crippen molar-refractivity contribution < 1.29 is 9.21 Å². The normalized spacial score (nSPS) is 17.2. The highest BCUT2D eigenvalue weighted by Crippen LogP contribution is 2.26. The molecule has 0 spiro atoms. The van der Waals surface area contributed by atoms with E-state index in [1.165, 1.54) is 11.8 Å². The molecule has 24 heavy (non-hydrogen) atoms. The van der Waals surface area contributed by atoms with E-state index in [9.17, 15) is 4.79 Å². The lowest BCUT2D eigenvalue weighted by molar-refractivity contribution is -0.131. The molecule has 3 rings (SSSR count). The first-order chi connectivity index (χ1) is 11.5. The van der Waals surface area contributed by atoms with Gasteiger partial charge >= 0.3 is 0 Å². The van der Waals surface area contributed by atoms with Gasteiger partial charge in [0.2, 0.25) is 11.8 Å². The van der Waals surface area contributed by atoms with Gasteiger partial charge in [0.1, 0.15) is 0 Å². The summed E-state index contributed by atoms with van der Waals surface area (Å²) in [5.41, 5.74) is 0.935. The van der Waals surface area contributed by atoms with Crippen LogP contribution in [0.15, 0.2) is 15.0 Å². The van der Waals surface area contributed by atoms with E-state index in [2.05, 4.69) is 22.1 Å². The summed E-state index contributed by atoms with van der Waals surface area (Å²) in [4.78, 5) is 18.9. The second-order valence-corrected chi connectivity index (χ2v) is 8.62. The zero-order chi connectivity index (χ0) is 17.1. The molecule has 0 radical (unpaired) electrons. The number of thiazole rings is 1. The average molecular weight is 367 g/mol. The van der Waals surface area contributed by atoms with Gasteiger partial charge in [-0.1, -0.05) is 18.7 Å². The van der Waals surface area contributed by atoms with Crippen LogP contribution in [-0.2, 0) is 11.2 Å². The van der Waals surface area contributed by atoms with E-state index < -0.39 is 0 Å². The number of hydrogen-bond donors (Lipinski definition) is 0. The molecule has 1 unspecified atom stereocenters. The van der Waals surface area contributed by atoms with Gasteiger partial charge in [-0.2, -0.15) is 0 Å². The molecule has 6 nitrogen and oxygen atoms in total. The Kier molecular flexibility index (Phi) is 5.55. The Morgan fingerprint density at radius 1 is 1.46 bits per heavy atom. The number of aryl methyl sites for hydroxylation is 1. The van der Waals surface area contributed by atoms with Crippen molar-refractivity contribution in [1.29, 1.82) is 0 Å². The predicted octanol–water partition coefficient (Wildman–Crippen LogP) is 3.16. The SMILES string of the molecule is Cc1nc(Cc2nnc(SC(C)C(=O)N3CCC(C)CC3)o2)cs1. The van der Waals surface area contributed by atoms with Crippen molar-refractivity contribution in [2.75, 3.05) is 13.1 Å². The third-order valence-corrected chi connectivity index (χ3v) is 5.91. The number of likely N-dealkylation sites (tertiary alicyclic amines) is 1. The number of thioether (sulfide) groups is 1. The fourth-order valence-corrected chi connectivity index (χ4v) is 4.09. The lowest BCUT2D eigenvalue weighted by Gasteiger charge is -2.31. The quantitative estimate of drug-likeness (QED) is 0.757. The molecule has 1 fully saturated rings. The Labute approximate surface area is 150 Å². The van der Waals surface area contributed by atoms with Gasteiger partial charge in [0.15, 0.2) is 0 Å². The molecule has 0 N–H and O–H groups in total. The van der Waals surface area contributed by atoms with Gasteiger partial charge in [-0.3, -0.25) is 4.79 Å². The van der Waals surface area contributed by atoms with Gasteiger partial charge in [0, 0.05) is 18.5 Å². The van der Waals surface area contributed by atoms with Crippen LogP contribution in [0.2, 0.25) is 0 Å². The van der Waals surface area contributed by atoms with Gasteiger partial charge in [0.05, 0.1) is 22.4 Å². The Balaban J connectivity index is 1.54. The van der Waals surface area contributed by atoms with E-state index in [-0.39, 0.29) is 11.2 Å². The Hall–Kier alpha value is -1.41. The van der Waals surface area contributed by atoms with Crippen molar-refractivity contribution in [2.45, 2.75) is 50.5 Å². The average Bonchev–Trinajstić information content (AvgIpc) is 3.17. The van der Waals surface area contributed by atoms with Crippen LogP contribution >= 0.6 is 23.1 Å². The molecule has 130 valence electrons. The maximum absolute atomic E-state index is 12.5. The summed E-state index contributed by atoms with van der Waals surface area (Å²) in [6, 6.07) is 0. The van der Waals surface area contributed by atoms with Crippen LogP contribution in [0.25, 0.3) is 0 Å². The maximum Gasteiger partial charge on any atom is 0.277 e. The Morgan fingerprint density at radius 3 is 2.88 bits per heavy atom. The van der Waals surface area contributed by atoms with Crippen LogP contribution in [-0.4, -0.2) is 44.3 Å². The highest BCUT2D eigenvalue weighted by atomic mass is 32.2. The Morgan fingerprint density at radius 2 is 2.21 bits per heavy atom. The van der Waals surface area contributed by atoms with Crippen molar-refractivity contribution >= 4 is 29.0 Å². The third-order valence-electron chi connectivity index (χ3n) is 4.17. The number of carbonyl (C=O) groups is 1. The van der Waals surface area contributed by atoms with Crippen molar-refractivity contribution in [3.8, 4) is 0 Å². The van der Waals surface area contributed by atoms with Crippen molar-refractivity contribution in [2.24, 2.45) is 5.92 Å². The molecule has 1 amide bonds.